The standard InChI is InChI=1S/C14H18FNO3/c1-9(8-10-4-3-7-19-10)16-14(18)13-11(15)5-2-6-12(13)17/h2,5-6,9-10,17H,3-4,7-8H2,1H3,(H,16,18). The second-order valence-corrected chi connectivity index (χ2v) is 4.88. The second-order valence-electron chi connectivity index (χ2n) is 4.88. The van der Waals surface area contributed by atoms with E-state index in [0.29, 0.717) is 6.42 Å². The number of ether oxygens (including phenoxy) is 1. The van der Waals surface area contributed by atoms with Crippen molar-refractivity contribution in [2.45, 2.75) is 38.3 Å². The molecule has 1 saturated heterocycles. The van der Waals surface area contributed by atoms with Gasteiger partial charge >= 0.3 is 0 Å². The first-order chi connectivity index (χ1) is 9.08. The van der Waals surface area contributed by atoms with Gasteiger partial charge in [0.2, 0.25) is 0 Å². The largest absolute Gasteiger partial charge is 0.507 e. The van der Waals surface area contributed by atoms with Crippen LogP contribution in [-0.2, 0) is 4.74 Å². The quantitative estimate of drug-likeness (QED) is 0.879. The highest BCUT2D eigenvalue weighted by molar-refractivity contribution is 5.97. The summed E-state index contributed by atoms with van der Waals surface area (Å²) in [7, 11) is 0. The van der Waals surface area contributed by atoms with Crippen LogP contribution >= 0.6 is 0 Å². The molecule has 19 heavy (non-hydrogen) atoms. The SMILES string of the molecule is CC(CC1CCCO1)NC(=O)c1c(O)cccc1F. The summed E-state index contributed by atoms with van der Waals surface area (Å²) in [6, 6.07) is 3.67. The number of amides is 1. The molecule has 0 bridgehead atoms. The number of carbonyl (C=O) groups is 1. The smallest absolute Gasteiger partial charge is 0.258 e. The minimum absolute atomic E-state index is 0.130. The van der Waals surface area contributed by atoms with Crippen LogP contribution in [0.2, 0.25) is 0 Å². The summed E-state index contributed by atoms with van der Waals surface area (Å²) in [5.41, 5.74) is -0.304. The van der Waals surface area contributed by atoms with Gasteiger partial charge in [-0.3, -0.25) is 4.79 Å². The third kappa shape index (κ3) is 3.44. The Morgan fingerprint density at radius 3 is 3.05 bits per heavy atom. The number of nitrogens with one attached hydrogen (secondary N) is 1. The number of rotatable bonds is 4. The van der Waals surface area contributed by atoms with Crippen LogP contribution in [0, 0.1) is 5.82 Å². The Morgan fingerprint density at radius 2 is 2.42 bits per heavy atom. The highest BCUT2D eigenvalue weighted by Crippen LogP contribution is 2.21. The molecule has 1 amide bonds. The zero-order valence-electron chi connectivity index (χ0n) is 10.9. The van der Waals surface area contributed by atoms with E-state index in [-0.39, 0.29) is 23.5 Å². The molecule has 1 aromatic rings. The summed E-state index contributed by atoms with van der Waals surface area (Å²) in [5.74, 6) is -1.66. The normalized spacial score (nSPS) is 20.2. The molecule has 2 N–H and O–H groups in total. The Bertz CT molecular complexity index is 438. The topological polar surface area (TPSA) is 58.6 Å². The van der Waals surface area contributed by atoms with Gasteiger partial charge in [-0.15, -0.1) is 0 Å². The summed E-state index contributed by atoms with van der Waals surface area (Å²) in [6.07, 6.45) is 2.88. The lowest BCUT2D eigenvalue weighted by molar-refractivity contribution is 0.0845. The fourth-order valence-electron chi connectivity index (χ4n) is 2.32. The van der Waals surface area contributed by atoms with Gasteiger partial charge in [0, 0.05) is 12.6 Å². The van der Waals surface area contributed by atoms with Crippen molar-refractivity contribution in [1.29, 1.82) is 0 Å². The fourth-order valence-corrected chi connectivity index (χ4v) is 2.32. The van der Waals surface area contributed by atoms with Crippen LogP contribution in [0.1, 0.15) is 36.5 Å². The van der Waals surface area contributed by atoms with E-state index >= 15 is 0 Å². The number of carbonyl (C=O) groups excluding carboxylic acids is 1. The maximum absolute atomic E-state index is 13.5. The van der Waals surface area contributed by atoms with Crippen molar-refractivity contribution in [3.8, 4) is 5.75 Å². The Kier molecular flexibility index (Phi) is 4.37. The minimum atomic E-state index is -0.721. The first kappa shape index (κ1) is 13.8. The van der Waals surface area contributed by atoms with Crippen molar-refractivity contribution in [2.24, 2.45) is 0 Å². The maximum Gasteiger partial charge on any atom is 0.258 e. The van der Waals surface area contributed by atoms with Gasteiger partial charge in [-0.05, 0) is 38.3 Å². The van der Waals surface area contributed by atoms with Gasteiger partial charge in [-0.25, -0.2) is 4.39 Å². The van der Waals surface area contributed by atoms with E-state index in [9.17, 15) is 14.3 Å². The Morgan fingerprint density at radius 1 is 1.63 bits per heavy atom. The van der Waals surface area contributed by atoms with Crippen LogP contribution in [0.4, 0.5) is 4.39 Å². The molecule has 4 nitrogen and oxygen atoms in total. The molecule has 1 aliphatic rings. The lowest BCUT2D eigenvalue weighted by Crippen LogP contribution is -2.35. The molecule has 0 aromatic heterocycles. The number of halogens is 1. The van der Waals surface area contributed by atoms with Gasteiger partial charge in [-0.1, -0.05) is 6.07 Å². The monoisotopic (exact) mass is 267 g/mol. The van der Waals surface area contributed by atoms with Gasteiger partial charge < -0.3 is 15.2 Å². The molecule has 0 saturated carbocycles. The number of phenols is 1. The molecule has 1 fully saturated rings. The van der Waals surface area contributed by atoms with Crippen molar-refractivity contribution >= 4 is 5.91 Å². The lowest BCUT2D eigenvalue weighted by atomic mass is 10.1. The average Bonchev–Trinajstić information content (AvgIpc) is 2.81. The minimum Gasteiger partial charge on any atom is -0.507 e. The van der Waals surface area contributed by atoms with E-state index in [1.54, 1.807) is 0 Å². The zero-order valence-corrected chi connectivity index (χ0v) is 10.9. The van der Waals surface area contributed by atoms with E-state index < -0.39 is 11.7 Å². The highest BCUT2D eigenvalue weighted by atomic mass is 19.1. The van der Waals surface area contributed by atoms with Crippen molar-refractivity contribution in [3.05, 3.63) is 29.6 Å². The van der Waals surface area contributed by atoms with Crippen molar-refractivity contribution < 1.29 is 19.0 Å². The van der Waals surface area contributed by atoms with Gasteiger partial charge in [0.15, 0.2) is 0 Å². The van der Waals surface area contributed by atoms with Crippen LogP contribution in [0.5, 0.6) is 5.75 Å². The first-order valence-electron chi connectivity index (χ1n) is 6.48. The van der Waals surface area contributed by atoms with Crippen LogP contribution in [0.15, 0.2) is 18.2 Å². The highest BCUT2D eigenvalue weighted by Gasteiger charge is 2.22. The number of benzene rings is 1. The fraction of sp³-hybridized carbons (Fsp3) is 0.500. The maximum atomic E-state index is 13.5. The van der Waals surface area contributed by atoms with Crippen LogP contribution < -0.4 is 5.32 Å². The molecule has 0 spiro atoms. The Balaban J connectivity index is 1.96. The number of hydrogen-bond acceptors (Lipinski definition) is 3. The van der Waals surface area contributed by atoms with Crippen LogP contribution in [-0.4, -0.2) is 29.8 Å². The molecule has 104 valence electrons. The summed E-state index contributed by atoms with van der Waals surface area (Å²) in [6.45, 7) is 2.61. The van der Waals surface area contributed by atoms with Gasteiger partial charge in [0.1, 0.15) is 17.1 Å². The van der Waals surface area contributed by atoms with E-state index in [4.69, 9.17) is 4.74 Å². The summed E-state index contributed by atoms with van der Waals surface area (Å²) in [5, 5.41) is 12.2. The number of hydrogen-bond donors (Lipinski definition) is 2. The predicted molar refractivity (Wildman–Crippen MR) is 68.6 cm³/mol. The average molecular weight is 267 g/mol. The first-order valence-corrected chi connectivity index (χ1v) is 6.48. The van der Waals surface area contributed by atoms with Crippen molar-refractivity contribution in [1.82, 2.24) is 5.32 Å². The number of aromatic hydroxyl groups is 1. The summed E-state index contributed by atoms with van der Waals surface area (Å²) >= 11 is 0. The van der Waals surface area contributed by atoms with Crippen molar-refractivity contribution in [3.63, 3.8) is 0 Å². The molecule has 1 aromatic carbocycles. The Hall–Kier alpha value is -1.62. The molecule has 0 radical (unpaired) electrons. The zero-order chi connectivity index (χ0) is 13.8. The molecule has 2 unspecified atom stereocenters. The summed E-state index contributed by atoms with van der Waals surface area (Å²) in [4.78, 5) is 11.9. The van der Waals surface area contributed by atoms with E-state index in [2.05, 4.69) is 5.32 Å². The molecule has 2 atom stereocenters. The molecule has 5 heteroatoms. The lowest BCUT2D eigenvalue weighted by Gasteiger charge is -2.18. The molecule has 1 heterocycles. The Labute approximate surface area is 111 Å². The van der Waals surface area contributed by atoms with E-state index in [1.165, 1.54) is 12.1 Å². The third-order valence-corrected chi connectivity index (χ3v) is 3.24. The van der Waals surface area contributed by atoms with E-state index in [1.807, 2.05) is 6.92 Å². The molecule has 1 aliphatic heterocycles. The van der Waals surface area contributed by atoms with Gasteiger partial charge in [-0.2, -0.15) is 0 Å². The molecular formula is C14H18FNO3. The second kappa shape index (κ2) is 6.02. The molecular weight excluding hydrogens is 249 g/mol. The molecule has 0 aliphatic carbocycles. The number of phenolic OH excluding ortho intramolecular Hbond substituents is 1. The van der Waals surface area contributed by atoms with Crippen LogP contribution in [0.3, 0.4) is 0 Å². The predicted octanol–water partition coefficient (Wildman–Crippen LogP) is 2.22. The van der Waals surface area contributed by atoms with Crippen molar-refractivity contribution in [2.75, 3.05) is 6.61 Å². The van der Waals surface area contributed by atoms with E-state index in [0.717, 1.165) is 25.5 Å². The molecule has 2 rings (SSSR count). The van der Waals surface area contributed by atoms with Crippen LogP contribution in [0.25, 0.3) is 0 Å². The third-order valence-electron chi connectivity index (χ3n) is 3.24. The summed E-state index contributed by atoms with van der Waals surface area (Å²) < 4.78 is 19.0. The van der Waals surface area contributed by atoms with Gasteiger partial charge in [0.05, 0.1) is 6.10 Å². The van der Waals surface area contributed by atoms with Gasteiger partial charge in [0.25, 0.3) is 5.91 Å².